The van der Waals surface area contributed by atoms with Gasteiger partial charge >= 0.3 is 0 Å². The van der Waals surface area contributed by atoms with Crippen molar-refractivity contribution in [1.29, 1.82) is 0 Å². The van der Waals surface area contributed by atoms with E-state index in [-0.39, 0.29) is 6.61 Å². The van der Waals surface area contributed by atoms with Crippen LogP contribution in [-0.2, 0) is 15.7 Å². The second-order valence-corrected chi connectivity index (χ2v) is 7.88. The summed E-state index contributed by atoms with van der Waals surface area (Å²) in [5.41, 5.74) is 0.725. The van der Waals surface area contributed by atoms with Crippen LogP contribution >= 0.6 is 33.3 Å². The Hall–Kier alpha value is -0.930. The van der Waals surface area contributed by atoms with E-state index >= 15 is 0 Å². The van der Waals surface area contributed by atoms with Crippen LogP contribution in [0.2, 0.25) is 0 Å². The zero-order valence-corrected chi connectivity index (χ0v) is 14.0. The van der Waals surface area contributed by atoms with Crippen molar-refractivity contribution >= 4 is 42.3 Å². The third-order valence-corrected chi connectivity index (χ3v) is 4.60. The Kier molecular flexibility index (Phi) is 5.05. The van der Waals surface area contributed by atoms with Gasteiger partial charge in [-0.1, -0.05) is 12.1 Å². The van der Waals surface area contributed by atoms with Crippen LogP contribution in [0.25, 0.3) is 0 Å². The maximum atomic E-state index is 13.7. The molecule has 112 valence electrons. The van der Waals surface area contributed by atoms with Crippen LogP contribution in [0.4, 0.5) is 8.78 Å². The fraction of sp³-hybridized carbons (Fsp3) is 0.0769. The van der Waals surface area contributed by atoms with Crippen molar-refractivity contribution in [3.05, 3.63) is 57.2 Å². The average molecular weight is 445 g/mol. The molecule has 0 heterocycles. The van der Waals surface area contributed by atoms with Crippen LogP contribution in [0.1, 0.15) is 5.56 Å². The Morgan fingerprint density at radius 3 is 2.10 bits per heavy atom. The molecular weight excluding hydrogens is 437 g/mol. The minimum atomic E-state index is -4.20. The molecule has 0 bridgehead atoms. The molecule has 0 amide bonds. The maximum absolute atomic E-state index is 13.7. The van der Waals surface area contributed by atoms with Crippen LogP contribution in [0.3, 0.4) is 0 Å². The third-order valence-electron chi connectivity index (χ3n) is 2.55. The van der Waals surface area contributed by atoms with Crippen LogP contribution in [0, 0.1) is 15.2 Å². The van der Waals surface area contributed by atoms with Crippen molar-refractivity contribution < 1.29 is 21.9 Å². The summed E-state index contributed by atoms with van der Waals surface area (Å²) < 4.78 is 55.6. The lowest BCUT2D eigenvalue weighted by molar-refractivity contribution is 0.273. The molecule has 2 aromatic carbocycles. The van der Waals surface area contributed by atoms with Gasteiger partial charge in [0.15, 0.2) is 17.4 Å². The maximum Gasteiger partial charge on any atom is 0.261 e. The van der Waals surface area contributed by atoms with Gasteiger partial charge in [0.2, 0.25) is 0 Å². The van der Waals surface area contributed by atoms with Gasteiger partial charge in [0.25, 0.3) is 9.05 Å². The Morgan fingerprint density at radius 1 is 1.10 bits per heavy atom. The van der Waals surface area contributed by atoms with Crippen molar-refractivity contribution in [1.82, 2.24) is 0 Å². The zero-order chi connectivity index (χ0) is 15.6. The number of ether oxygens (including phenoxy) is 1. The number of hydrogen-bond donors (Lipinski definition) is 0. The van der Waals surface area contributed by atoms with Gasteiger partial charge in [-0.15, -0.1) is 0 Å². The van der Waals surface area contributed by atoms with Gasteiger partial charge in [-0.2, -0.15) is 0 Å². The molecule has 0 atom stereocenters. The van der Waals surface area contributed by atoms with Crippen molar-refractivity contribution in [2.45, 2.75) is 11.5 Å². The van der Waals surface area contributed by atoms with Crippen molar-refractivity contribution in [3.63, 3.8) is 0 Å². The van der Waals surface area contributed by atoms with E-state index in [1.54, 1.807) is 12.1 Å². The molecule has 21 heavy (non-hydrogen) atoms. The average Bonchev–Trinajstić information content (AvgIpc) is 2.38. The van der Waals surface area contributed by atoms with E-state index in [1.807, 2.05) is 12.1 Å². The van der Waals surface area contributed by atoms with E-state index in [0.717, 1.165) is 9.13 Å². The quantitative estimate of drug-likeness (QED) is 0.527. The summed E-state index contributed by atoms with van der Waals surface area (Å²) in [5.74, 6) is -2.89. The molecule has 3 nitrogen and oxygen atoms in total. The van der Waals surface area contributed by atoms with E-state index in [9.17, 15) is 17.2 Å². The topological polar surface area (TPSA) is 43.4 Å². The summed E-state index contributed by atoms with van der Waals surface area (Å²) in [4.78, 5) is -0.652. The molecule has 0 aliphatic rings. The van der Waals surface area contributed by atoms with E-state index in [0.29, 0.717) is 12.1 Å². The van der Waals surface area contributed by atoms with Crippen molar-refractivity contribution in [2.75, 3.05) is 0 Å². The lowest BCUT2D eigenvalue weighted by Crippen LogP contribution is -2.02. The van der Waals surface area contributed by atoms with E-state index < -0.39 is 31.3 Å². The lowest BCUT2D eigenvalue weighted by atomic mass is 10.2. The zero-order valence-electron chi connectivity index (χ0n) is 10.3. The highest BCUT2D eigenvalue weighted by molar-refractivity contribution is 14.1. The first-order valence-electron chi connectivity index (χ1n) is 5.58. The first kappa shape index (κ1) is 16.4. The van der Waals surface area contributed by atoms with Crippen LogP contribution < -0.4 is 4.74 Å². The highest BCUT2D eigenvalue weighted by atomic mass is 127. The second kappa shape index (κ2) is 6.45. The molecule has 2 aromatic rings. The van der Waals surface area contributed by atoms with Gasteiger partial charge in [-0.05, 0) is 52.4 Å². The SMILES string of the molecule is O=S(=O)(Cl)c1cc(F)c(OCc2ccc(I)cc2)c(F)c1. The summed E-state index contributed by atoms with van der Waals surface area (Å²) in [6.45, 7) is -0.0439. The van der Waals surface area contributed by atoms with Gasteiger partial charge in [-0.25, -0.2) is 17.2 Å². The van der Waals surface area contributed by atoms with E-state index in [2.05, 4.69) is 22.6 Å². The van der Waals surface area contributed by atoms with Crippen molar-refractivity contribution in [2.24, 2.45) is 0 Å². The molecule has 0 unspecified atom stereocenters. The molecule has 0 radical (unpaired) electrons. The largest absolute Gasteiger partial charge is 0.483 e. The van der Waals surface area contributed by atoms with Crippen LogP contribution in [0.15, 0.2) is 41.3 Å². The molecule has 2 rings (SSSR count). The Labute approximate surface area is 138 Å². The van der Waals surface area contributed by atoms with Gasteiger partial charge < -0.3 is 4.74 Å². The summed E-state index contributed by atoms with van der Waals surface area (Å²) in [6, 6.07) is 8.41. The Morgan fingerprint density at radius 2 is 1.62 bits per heavy atom. The monoisotopic (exact) mass is 444 g/mol. The molecule has 0 aromatic heterocycles. The predicted octanol–water partition coefficient (Wildman–Crippen LogP) is 4.08. The first-order chi connectivity index (χ1) is 9.77. The van der Waals surface area contributed by atoms with Crippen LogP contribution in [-0.4, -0.2) is 8.42 Å². The lowest BCUT2D eigenvalue weighted by Gasteiger charge is -2.09. The first-order valence-corrected chi connectivity index (χ1v) is 8.97. The summed E-state index contributed by atoms with van der Waals surface area (Å²) in [6.07, 6.45) is 0. The standard InChI is InChI=1S/C13H8ClF2IO3S/c14-21(18,19)10-5-11(15)13(12(16)6-10)20-7-8-1-3-9(17)4-2-8/h1-6H,7H2. The minimum Gasteiger partial charge on any atom is -0.483 e. The van der Waals surface area contributed by atoms with Crippen molar-refractivity contribution in [3.8, 4) is 5.75 Å². The smallest absolute Gasteiger partial charge is 0.261 e. The molecule has 0 aliphatic heterocycles. The number of rotatable bonds is 4. The second-order valence-electron chi connectivity index (χ2n) is 4.07. The summed E-state index contributed by atoms with van der Waals surface area (Å²) >= 11 is 2.13. The van der Waals surface area contributed by atoms with E-state index in [4.69, 9.17) is 15.4 Å². The highest BCUT2D eigenvalue weighted by Gasteiger charge is 2.19. The Balaban J connectivity index is 2.23. The Bertz CT molecular complexity index is 740. The highest BCUT2D eigenvalue weighted by Crippen LogP contribution is 2.27. The molecule has 0 spiro atoms. The fourth-order valence-corrected chi connectivity index (χ4v) is 2.67. The molecule has 0 saturated heterocycles. The predicted molar refractivity (Wildman–Crippen MR) is 82.9 cm³/mol. The molecule has 0 saturated carbocycles. The van der Waals surface area contributed by atoms with Gasteiger partial charge in [0, 0.05) is 14.3 Å². The normalized spacial score (nSPS) is 11.4. The molecule has 8 heteroatoms. The number of benzene rings is 2. The molecular formula is C13H8ClF2IO3S. The van der Waals surface area contributed by atoms with Crippen LogP contribution in [0.5, 0.6) is 5.75 Å². The number of hydrogen-bond acceptors (Lipinski definition) is 3. The molecule has 0 aliphatic carbocycles. The summed E-state index contributed by atoms with van der Waals surface area (Å²) in [7, 11) is 0.839. The van der Waals surface area contributed by atoms with Gasteiger partial charge in [0.1, 0.15) is 6.61 Å². The van der Waals surface area contributed by atoms with E-state index in [1.165, 1.54) is 0 Å². The number of halogens is 4. The minimum absolute atomic E-state index is 0.0439. The van der Waals surface area contributed by atoms with Gasteiger partial charge in [0.05, 0.1) is 4.90 Å². The fourth-order valence-electron chi connectivity index (χ4n) is 1.55. The molecule has 0 fully saturated rings. The third kappa shape index (κ3) is 4.27. The summed E-state index contributed by atoms with van der Waals surface area (Å²) in [5, 5.41) is 0. The van der Waals surface area contributed by atoms with Gasteiger partial charge in [-0.3, -0.25) is 0 Å². The molecule has 0 N–H and O–H groups in total.